The molecule has 1 N–H and O–H groups in total. The van der Waals surface area contributed by atoms with Crippen LogP contribution in [0.5, 0.6) is 0 Å². The molecule has 0 saturated carbocycles. The Morgan fingerprint density at radius 2 is 1.88 bits per heavy atom. The van der Waals surface area contributed by atoms with Gasteiger partial charge in [-0.2, -0.15) is 13.2 Å². The second-order valence-electron chi connectivity index (χ2n) is 2.77. The van der Waals surface area contributed by atoms with Crippen molar-refractivity contribution in [1.82, 2.24) is 0 Å². The summed E-state index contributed by atoms with van der Waals surface area (Å²) in [6.07, 6.45) is 2.01. The normalized spacial score (nSPS) is 17.1. The maximum absolute atomic E-state index is 12.1. The highest BCUT2D eigenvalue weighted by Gasteiger charge is 2.47. The van der Waals surface area contributed by atoms with Crippen molar-refractivity contribution in [3.8, 4) is 0 Å². The molecular weight excluding hydrogens is 245 g/mol. The molecule has 0 aliphatic heterocycles. The minimum absolute atomic E-state index is 0.330. The van der Waals surface area contributed by atoms with Crippen LogP contribution < -0.4 is 0 Å². The minimum atomic E-state index is -5.46. The molecule has 1 aliphatic carbocycles. The van der Waals surface area contributed by atoms with Gasteiger partial charge in [0, 0.05) is 5.57 Å². The molecule has 0 aromatic rings. The Morgan fingerprint density at radius 1 is 1.31 bits per heavy atom. The number of hydrogen-bond donors (Lipinski definition) is 1. The van der Waals surface area contributed by atoms with Crippen molar-refractivity contribution in [2.24, 2.45) is 0 Å². The molecule has 0 spiro atoms. The summed E-state index contributed by atoms with van der Waals surface area (Å²) in [5, 5.41) is 15.6. The summed E-state index contributed by atoms with van der Waals surface area (Å²) in [6, 6.07) is 0. The summed E-state index contributed by atoms with van der Waals surface area (Å²) >= 11 is 0. The quantitative estimate of drug-likeness (QED) is 0.715. The van der Waals surface area contributed by atoms with E-state index in [9.17, 15) is 21.6 Å². The van der Waals surface area contributed by atoms with Crippen LogP contribution in [0.2, 0.25) is 0 Å². The standard InChI is InChI=1S/C8H4F3N2O2S/c9-8(10,11)16(14,15)6-1-2-7(13)5(3-6)4-12/h1-3,13H/q-1. The van der Waals surface area contributed by atoms with E-state index < -0.39 is 25.8 Å². The van der Waals surface area contributed by atoms with Crippen molar-refractivity contribution in [2.75, 3.05) is 0 Å². The Labute approximate surface area is 88.7 Å². The van der Waals surface area contributed by atoms with Crippen molar-refractivity contribution in [3.05, 3.63) is 34.1 Å². The van der Waals surface area contributed by atoms with Crippen molar-refractivity contribution < 1.29 is 21.6 Å². The van der Waals surface area contributed by atoms with Gasteiger partial charge in [0.2, 0.25) is 0 Å². The van der Waals surface area contributed by atoms with Gasteiger partial charge in [0.25, 0.3) is 9.84 Å². The number of alkyl halides is 3. The van der Waals surface area contributed by atoms with Crippen LogP contribution in [-0.4, -0.2) is 25.5 Å². The van der Waals surface area contributed by atoms with Gasteiger partial charge >= 0.3 is 5.51 Å². The number of allylic oxidation sites excluding steroid dienone is 4. The van der Waals surface area contributed by atoms with Gasteiger partial charge in [-0.1, -0.05) is 0 Å². The predicted octanol–water partition coefficient (Wildman–Crippen LogP) is 1.56. The van der Waals surface area contributed by atoms with Gasteiger partial charge in [-0.15, -0.1) is 0 Å². The molecule has 0 bridgehead atoms. The van der Waals surface area contributed by atoms with Gasteiger partial charge < -0.3 is 5.41 Å². The van der Waals surface area contributed by atoms with Crippen LogP contribution in [0.3, 0.4) is 0 Å². The summed E-state index contributed by atoms with van der Waals surface area (Å²) in [5.74, 6) is 1.44. The summed E-state index contributed by atoms with van der Waals surface area (Å²) in [7, 11) is -5.46. The zero-order valence-corrected chi connectivity index (χ0v) is 8.35. The lowest BCUT2D eigenvalue weighted by atomic mass is 10.1. The highest BCUT2D eigenvalue weighted by atomic mass is 32.2. The molecule has 8 heteroatoms. The van der Waals surface area contributed by atoms with E-state index in [0.717, 1.165) is 6.08 Å². The zero-order chi connectivity index (χ0) is 12.6. The summed E-state index contributed by atoms with van der Waals surface area (Å²) in [6.45, 7) is 0. The number of halogens is 3. The fourth-order valence-corrected chi connectivity index (χ4v) is 1.70. The highest BCUT2D eigenvalue weighted by Crippen LogP contribution is 2.31. The smallest absolute Gasteiger partial charge is 0.501 e. The van der Waals surface area contributed by atoms with Gasteiger partial charge in [0.05, 0.1) is 10.6 Å². The zero-order valence-electron chi connectivity index (χ0n) is 7.54. The topological polar surface area (TPSA) is 80.3 Å². The third-order valence-corrected chi connectivity index (χ3v) is 3.21. The Kier molecular flexibility index (Phi) is 2.89. The lowest BCUT2D eigenvalue weighted by Crippen LogP contribution is -2.25. The molecule has 0 atom stereocenters. The second kappa shape index (κ2) is 3.73. The van der Waals surface area contributed by atoms with Gasteiger partial charge in [-0.3, -0.25) is 11.3 Å². The molecule has 1 rings (SSSR count). The van der Waals surface area contributed by atoms with E-state index in [2.05, 4.69) is 0 Å². The molecule has 0 heterocycles. The number of hydrogen-bond acceptors (Lipinski definition) is 3. The van der Waals surface area contributed by atoms with Crippen molar-refractivity contribution >= 4 is 21.4 Å². The van der Waals surface area contributed by atoms with Crippen LogP contribution in [0.25, 0.3) is 5.41 Å². The van der Waals surface area contributed by atoms with Gasteiger partial charge in [-0.25, -0.2) is 8.42 Å². The van der Waals surface area contributed by atoms with Crippen LogP contribution in [0.15, 0.2) is 28.7 Å². The lowest BCUT2D eigenvalue weighted by Gasteiger charge is -2.12. The van der Waals surface area contributed by atoms with E-state index in [1.165, 1.54) is 5.87 Å². The van der Waals surface area contributed by atoms with E-state index in [1.807, 2.05) is 0 Å². The average molecular weight is 249 g/mol. The average Bonchev–Trinajstić information content (AvgIpc) is 2.16. The summed E-state index contributed by atoms with van der Waals surface area (Å²) < 4.78 is 58.3. The number of nitrogens with one attached hydrogen (secondary N) is 1. The first-order valence-corrected chi connectivity index (χ1v) is 5.25. The predicted molar refractivity (Wildman–Crippen MR) is 51.8 cm³/mol. The first-order valence-electron chi connectivity index (χ1n) is 3.77. The van der Waals surface area contributed by atoms with E-state index in [-0.39, 0.29) is 5.71 Å². The minimum Gasteiger partial charge on any atom is -0.763 e. The first kappa shape index (κ1) is 12.4. The molecule has 0 aromatic heterocycles. The molecule has 0 unspecified atom stereocenters. The molecule has 0 amide bonds. The van der Waals surface area contributed by atoms with Crippen LogP contribution >= 0.6 is 0 Å². The second-order valence-corrected chi connectivity index (χ2v) is 4.71. The summed E-state index contributed by atoms with van der Waals surface area (Å²) in [5.41, 5.74) is -6.17. The fourth-order valence-electron chi connectivity index (χ4n) is 0.917. The largest absolute Gasteiger partial charge is 0.763 e. The molecular formula is C8H4F3N2O2S-. The van der Waals surface area contributed by atoms with Crippen LogP contribution in [-0.2, 0) is 9.84 Å². The van der Waals surface area contributed by atoms with E-state index >= 15 is 0 Å². The van der Waals surface area contributed by atoms with Crippen molar-refractivity contribution in [1.29, 1.82) is 5.41 Å². The van der Waals surface area contributed by atoms with Crippen LogP contribution in [0.4, 0.5) is 13.2 Å². The monoisotopic (exact) mass is 249 g/mol. The molecule has 86 valence electrons. The molecule has 0 saturated heterocycles. The SMILES string of the molecule is [N-]=C=C1C=C(S(=O)(=O)C(F)(F)F)C=CC1=N. The Bertz CT molecular complexity index is 548. The maximum Gasteiger partial charge on any atom is 0.501 e. The Hall–Kier alpha value is -1.66. The number of sulfone groups is 1. The van der Waals surface area contributed by atoms with Crippen molar-refractivity contribution in [2.45, 2.75) is 5.51 Å². The molecule has 0 aromatic carbocycles. The van der Waals surface area contributed by atoms with Gasteiger partial charge in [-0.05, 0) is 18.2 Å². The molecule has 16 heavy (non-hydrogen) atoms. The fraction of sp³-hybridized carbons (Fsp3) is 0.125. The van der Waals surface area contributed by atoms with Crippen LogP contribution in [0, 0.1) is 5.41 Å². The first-order chi connectivity index (χ1) is 7.20. The van der Waals surface area contributed by atoms with Gasteiger partial charge in [0.15, 0.2) is 0 Å². The van der Waals surface area contributed by atoms with Gasteiger partial charge in [0.1, 0.15) is 0 Å². The molecule has 0 fully saturated rings. The Morgan fingerprint density at radius 3 is 2.31 bits per heavy atom. The highest BCUT2D eigenvalue weighted by molar-refractivity contribution is 7.96. The van der Waals surface area contributed by atoms with E-state index in [1.54, 1.807) is 0 Å². The Balaban J connectivity index is 3.35. The molecule has 4 nitrogen and oxygen atoms in total. The molecule has 0 radical (unpaired) electrons. The maximum atomic E-state index is 12.1. The third-order valence-electron chi connectivity index (χ3n) is 1.73. The van der Waals surface area contributed by atoms with Crippen LogP contribution in [0.1, 0.15) is 0 Å². The lowest BCUT2D eigenvalue weighted by molar-refractivity contribution is -0.0425. The third kappa shape index (κ3) is 1.98. The number of rotatable bonds is 1. The van der Waals surface area contributed by atoms with E-state index in [4.69, 9.17) is 10.8 Å². The van der Waals surface area contributed by atoms with Crippen molar-refractivity contribution in [3.63, 3.8) is 0 Å². The molecule has 1 aliphatic rings. The van der Waals surface area contributed by atoms with E-state index in [0.29, 0.717) is 12.2 Å². The summed E-state index contributed by atoms with van der Waals surface area (Å²) in [4.78, 5) is -1.03. The number of nitrogens with zero attached hydrogens (tertiary/aromatic N) is 1.